The number of hydrogen-bond acceptors (Lipinski definition) is 0. The fraction of sp³-hybridized carbons (Fsp3) is 0.0556. The smallest absolute Gasteiger partial charge is 0.0608 e. The molecule has 0 aliphatic carbocycles. The average molecular weight is 243 g/mol. The molecule has 3 rings (SSSR count). The summed E-state index contributed by atoms with van der Waals surface area (Å²) in [6, 6.07) is 12.7. The van der Waals surface area contributed by atoms with Gasteiger partial charge < -0.3 is 4.57 Å². The fourth-order valence-electron chi connectivity index (χ4n) is 2.58. The van der Waals surface area contributed by atoms with Crippen molar-refractivity contribution in [1.82, 2.24) is 4.57 Å². The van der Waals surface area contributed by atoms with Crippen molar-refractivity contribution >= 4 is 34.0 Å². The Bertz CT molecular complexity index is 931. The van der Waals surface area contributed by atoms with Crippen molar-refractivity contribution in [3.63, 3.8) is 0 Å². The van der Waals surface area contributed by atoms with Gasteiger partial charge in [0.25, 0.3) is 0 Å². The van der Waals surface area contributed by atoms with Crippen molar-refractivity contribution in [2.24, 2.45) is 0 Å². The molecule has 0 aliphatic rings. The highest BCUT2D eigenvalue weighted by Gasteiger charge is 2.08. The van der Waals surface area contributed by atoms with Gasteiger partial charge in [-0.05, 0) is 36.4 Å². The van der Waals surface area contributed by atoms with Crippen molar-refractivity contribution < 1.29 is 0 Å². The van der Waals surface area contributed by atoms with Gasteiger partial charge in [-0.2, -0.15) is 0 Å². The van der Waals surface area contributed by atoms with Crippen LogP contribution in [0.3, 0.4) is 0 Å². The van der Waals surface area contributed by atoms with E-state index in [2.05, 4.69) is 70.8 Å². The molecule has 90 valence electrons. The number of aromatic nitrogens is 1. The number of nitrogens with zero attached hydrogens (tertiary/aromatic N) is 1. The summed E-state index contributed by atoms with van der Waals surface area (Å²) in [6.07, 6.45) is 3.99. The maximum Gasteiger partial charge on any atom is 0.0608 e. The normalized spacial score (nSPS) is 11.3. The van der Waals surface area contributed by atoms with Gasteiger partial charge in [0.15, 0.2) is 0 Å². The third-order valence-electron chi connectivity index (χ3n) is 3.31. The molecule has 1 aromatic heterocycles. The predicted molar refractivity (Wildman–Crippen MR) is 81.7 cm³/mol. The summed E-state index contributed by atoms with van der Waals surface area (Å²) < 4.78 is 2.13. The van der Waals surface area contributed by atoms with Crippen LogP contribution in [0.5, 0.6) is 0 Å². The lowest BCUT2D eigenvalue weighted by Gasteiger charge is -1.98. The van der Waals surface area contributed by atoms with E-state index in [9.17, 15) is 0 Å². The summed E-state index contributed by atoms with van der Waals surface area (Å²) in [4.78, 5) is 0. The minimum absolute atomic E-state index is 1.17. The Kier molecular flexibility index (Phi) is 2.72. The van der Waals surface area contributed by atoms with Crippen LogP contribution in [-0.2, 0) is 0 Å². The van der Waals surface area contributed by atoms with Gasteiger partial charge in [0.2, 0.25) is 0 Å². The van der Waals surface area contributed by atoms with Gasteiger partial charge in [-0.25, -0.2) is 0 Å². The van der Waals surface area contributed by atoms with Crippen molar-refractivity contribution in [3.05, 3.63) is 65.5 Å². The van der Waals surface area contributed by atoms with Crippen LogP contribution in [0.4, 0.5) is 0 Å². The molecule has 0 radical (unpaired) electrons. The minimum atomic E-state index is 1.17. The van der Waals surface area contributed by atoms with Crippen LogP contribution >= 0.6 is 0 Å². The highest BCUT2D eigenvalue weighted by Crippen LogP contribution is 2.25. The van der Waals surface area contributed by atoms with Gasteiger partial charge in [-0.1, -0.05) is 42.1 Å². The molecule has 0 bridgehead atoms. The first-order chi connectivity index (χ1) is 9.36. The zero-order valence-electron chi connectivity index (χ0n) is 10.8. The Balaban J connectivity index is 2.61. The second-order valence-corrected chi connectivity index (χ2v) is 4.30. The quantitative estimate of drug-likeness (QED) is 0.572. The van der Waals surface area contributed by atoms with Crippen molar-refractivity contribution in [1.29, 1.82) is 0 Å². The van der Waals surface area contributed by atoms with Crippen molar-refractivity contribution in [2.45, 2.75) is 6.92 Å². The number of benzene rings is 2. The molecule has 0 unspecified atom stereocenters. The van der Waals surface area contributed by atoms with Crippen LogP contribution in [0.1, 0.15) is 6.92 Å². The highest BCUT2D eigenvalue weighted by atomic mass is 14.9. The zero-order valence-corrected chi connectivity index (χ0v) is 10.8. The first-order valence-electron chi connectivity index (χ1n) is 6.20. The lowest BCUT2D eigenvalue weighted by Crippen LogP contribution is -2.09. The van der Waals surface area contributed by atoms with E-state index in [1.54, 1.807) is 0 Å². The fourth-order valence-corrected chi connectivity index (χ4v) is 2.58. The maximum atomic E-state index is 3.49. The van der Waals surface area contributed by atoms with Gasteiger partial charge in [0.05, 0.1) is 11.7 Å². The Morgan fingerprint density at radius 3 is 2.68 bits per heavy atom. The summed E-state index contributed by atoms with van der Waals surface area (Å²) in [6.45, 7) is 5.54. The Labute approximate surface area is 111 Å². The third kappa shape index (κ3) is 1.67. The molecule has 1 heterocycles. The van der Waals surface area contributed by atoms with Crippen LogP contribution in [0, 0.1) is 0 Å². The highest BCUT2D eigenvalue weighted by molar-refractivity contribution is 6.10. The minimum Gasteiger partial charge on any atom is -0.308 e. The first kappa shape index (κ1) is 11.4. The molecule has 1 heteroatoms. The van der Waals surface area contributed by atoms with Gasteiger partial charge in [-0.3, -0.25) is 0 Å². The van der Waals surface area contributed by atoms with Crippen molar-refractivity contribution in [3.8, 4) is 0 Å². The average Bonchev–Trinajstić information content (AvgIpc) is 2.76. The zero-order chi connectivity index (χ0) is 13.2. The van der Waals surface area contributed by atoms with E-state index >= 15 is 0 Å². The molecular weight excluding hydrogens is 230 g/mol. The second-order valence-electron chi connectivity index (χ2n) is 4.30. The third-order valence-corrected chi connectivity index (χ3v) is 3.31. The summed E-state index contributed by atoms with van der Waals surface area (Å²) in [5, 5.41) is 4.98. The number of rotatable bonds is 1. The SMILES string of the molecule is C=C=C=C=Cn1/c(=C\C)c2cccc3cccc1c32. The summed E-state index contributed by atoms with van der Waals surface area (Å²) >= 11 is 0. The maximum absolute atomic E-state index is 3.49. The standard InChI is InChI=1S/C18H13N/c1-3-5-6-13-19-16(4-2)15-11-7-9-14-10-8-12-17(19)18(14)15/h4,7-13H,1H2,2H3/b16-4-. The molecule has 0 spiro atoms. The molecular formula is C18H13N. The first-order valence-corrected chi connectivity index (χ1v) is 6.20. The molecule has 0 fully saturated rings. The lowest BCUT2D eigenvalue weighted by atomic mass is 10.1. The molecule has 2 aromatic carbocycles. The monoisotopic (exact) mass is 243 g/mol. The van der Waals surface area contributed by atoms with E-state index in [4.69, 9.17) is 0 Å². The van der Waals surface area contributed by atoms with Crippen LogP contribution in [0.15, 0.2) is 60.2 Å². The van der Waals surface area contributed by atoms with Gasteiger partial charge in [-0.15, -0.1) is 0 Å². The largest absolute Gasteiger partial charge is 0.308 e. The van der Waals surface area contributed by atoms with E-state index < -0.39 is 0 Å². The Morgan fingerprint density at radius 1 is 1.16 bits per heavy atom. The van der Waals surface area contributed by atoms with Crippen LogP contribution in [0.25, 0.3) is 34.0 Å². The summed E-state index contributed by atoms with van der Waals surface area (Å²) in [5.74, 6) is 0. The second kappa shape index (κ2) is 4.53. The summed E-state index contributed by atoms with van der Waals surface area (Å²) in [5.41, 5.74) is 9.46. The van der Waals surface area contributed by atoms with E-state index in [1.165, 1.54) is 27.0 Å². The molecule has 0 atom stereocenters. The predicted octanol–water partition coefficient (Wildman–Crippen LogP) is 3.88. The van der Waals surface area contributed by atoms with Gasteiger partial charge in [0, 0.05) is 16.1 Å². The van der Waals surface area contributed by atoms with Crippen LogP contribution in [-0.4, -0.2) is 4.57 Å². The van der Waals surface area contributed by atoms with Crippen LogP contribution < -0.4 is 5.35 Å². The van der Waals surface area contributed by atoms with Crippen molar-refractivity contribution in [2.75, 3.05) is 0 Å². The topological polar surface area (TPSA) is 4.93 Å². The summed E-state index contributed by atoms with van der Waals surface area (Å²) in [7, 11) is 0. The van der Waals surface area contributed by atoms with Gasteiger partial charge >= 0.3 is 0 Å². The van der Waals surface area contributed by atoms with Crippen LogP contribution in [0.2, 0.25) is 0 Å². The number of hydrogen-bond donors (Lipinski definition) is 0. The molecule has 0 aliphatic heterocycles. The van der Waals surface area contributed by atoms with Gasteiger partial charge in [0.1, 0.15) is 0 Å². The molecule has 0 saturated heterocycles. The molecule has 3 aromatic rings. The van der Waals surface area contributed by atoms with E-state index in [0.717, 1.165) is 0 Å². The Morgan fingerprint density at radius 2 is 1.95 bits per heavy atom. The molecule has 0 N–H and O–H groups in total. The molecule has 0 amide bonds. The van der Waals surface area contributed by atoms with E-state index in [1.807, 2.05) is 13.1 Å². The Hall–Kier alpha value is -2.68. The molecule has 0 saturated carbocycles. The van der Waals surface area contributed by atoms with E-state index in [0.29, 0.717) is 0 Å². The molecule has 1 nitrogen and oxygen atoms in total. The molecule has 19 heavy (non-hydrogen) atoms. The lowest BCUT2D eigenvalue weighted by molar-refractivity contribution is 1.17. The van der Waals surface area contributed by atoms with E-state index in [-0.39, 0.29) is 0 Å².